The average molecular weight is 762 g/mol. The van der Waals surface area contributed by atoms with Gasteiger partial charge in [0.2, 0.25) is 23.6 Å². The fourth-order valence-corrected chi connectivity index (χ4v) is 5.78. The molecule has 4 amide bonds. The summed E-state index contributed by atoms with van der Waals surface area (Å²) in [5.74, 6) is -6.33. The summed E-state index contributed by atoms with van der Waals surface area (Å²) in [6.07, 6.45) is 14.2. The lowest BCUT2D eigenvalue weighted by atomic mass is 10.0. The number of guanidine groups is 1. The van der Waals surface area contributed by atoms with Gasteiger partial charge in [0.15, 0.2) is 5.96 Å². The Kier molecular flexibility index (Phi) is 25.2. The standard InChI is InChI=1S/C38H63N7O9/c1-2-3-4-5-6-7-8-9-10-11-12-13-17-22-32(47)42-31(26-46)36(52)45-30(25-33(48)49)35(51)44-29(24-27-19-15-14-16-20-27)34(50)43-28(37(53)54)21-18-23-41-38(39)40/h14-16,19-20,28-31,46H,2-13,17-18,21-26H2,1H3,(H,42,47)(H,43,50)(H,44,51)(H,45,52)(H,48,49)(H,53,54)(H4,39,40,41)/t28-,29-,30-,31-/m0/s1. The molecule has 0 unspecified atom stereocenters. The molecule has 0 spiro atoms. The van der Waals surface area contributed by atoms with Gasteiger partial charge < -0.3 is 48.1 Å². The van der Waals surface area contributed by atoms with E-state index in [9.17, 15) is 44.1 Å². The number of aliphatic carboxylic acids is 2. The van der Waals surface area contributed by atoms with Crippen LogP contribution in [0.15, 0.2) is 35.3 Å². The minimum Gasteiger partial charge on any atom is -0.481 e. The molecule has 0 aromatic heterocycles. The Bertz CT molecular complexity index is 1310. The number of benzene rings is 1. The van der Waals surface area contributed by atoms with Gasteiger partial charge in [0.05, 0.1) is 13.0 Å². The number of carbonyl (C=O) groups is 6. The SMILES string of the molecule is CCCCCCCCCCCCCCCC(=O)N[C@@H](CO)C(=O)N[C@@H](CC(=O)O)C(=O)N[C@@H](Cc1ccccc1)C(=O)N[C@@H](CCCN=C(N)N)C(=O)O. The maximum atomic E-state index is 13.4. The summed E-state index contributed by atoms with van der Waals surface area (Å²) in [5, 5.41) is 38.6. The third-order valence-electron chi connectivity index (χ3n) is 8.83. The lowest BCUT2D eigenvalue weighted by Crippen LogP contribution is -2.59. The molecule has 1 aromatic carbocycles. The first-order chi connectivity index (χ1) is 25.9. The molecule has 0 radical (unpaired) electrons. The molecule has 0 fully saturated rings. The van der Waals surface area contributed by atoms with E-state index in [4.69, 9.17) is 11.5 Å². The number of aliphatic hydroxyl groups excluding tert-OH is 1. The molecule has 0 bridgehead atoms. The highest BCUT2D eigenvalue weighted by molar-refractivity contribution is 5.96. The number of unbranched alkanes of at least 4 members (excludes halogenated alkanes) is 12. The molecule has 0 heterocycles. The monoisotopic (exact) mass is 761 g/mol. The zero-order valence-corrected chi connectivity index (χ0v) is 31.7. The van der Waals surface area contributed by atoms with Crippen molar-refractivity contribution in [3.8, 4) is 0 Å². The number of nitrogens with one attached hydrogen (secondary N) is 4. The van der Waals surface area contributed by atoms with E-state index in [1.807, 2.05) is 0 Å². The van der Waals surface area contributed by atoms with Crippen molar-refractivity contribution in [3.63, 3.8) is 0 Å². The predicted octanol–water partition coefficient (Wildman–Crippen LogP) is 2.25. The van der Waals surface area contributed by atoms with E-state index < -0.39 is 72.8 Å². The highest BCUT2D eigenvalue weighted by Gasteiger charge is 2.32. The number of hydrogen-bond donors (Lipinski definition) is 9. The molecule has 0 aliphatic rings. The zero-order valence-electron chi connectivity index (χ0n) is 31.7. The van der Waals surface area contributed by atoms with Crippen LogP contribution in [-0.2, 0) is 35.2 Å². The van der Waals surface area contributed by atoms with Crippen molar-refractivity contribution in [3.05, 3.63) is 35.9 Å². The predicted molar refractivity (Wildman–Crippen MR) is 205 cm³/mol. The largest absolute Gasteiger partial charge is 0.481 e. The number of amides is 4. The Balaban J connectivity index is 2.77. The third-order valence-corrected chi connectivity index (χ3v) is 8.83. The van der Waals surface area contributed by atoms with E-state index in [-0.39, 0.29) is 38.2 Å². The summed E-state index contributed by atoms with van der Waals surface area (Å²) < 4.78 is 0. The first-order valence-corrected chi connectivity index (χ1v) is 19.2. The number of carbonyl (C=O) groups excluding carboxylic acids is 4. The van der Waals surface area contributed by atoms with Gasteiger partial charge in [0, 0.05) is 19.4 Å². The van der Waals surface area contributed by atoms with Crippen LogP contribution in [0.3, 0.4) is 0 Å². The van der Waals surface area contributed by atoms with Crippen LogP contribution in [0, 0.1) is 0 Å². The number of rotatable bonds is 31. The van der Waals surface area contributed by atoms with Gasteiger partial charge in [-0.05, 0) is 24.8 Å². The summed E-state index contributed by atoms with van der Waals surface area (Å²) in [6, 6.07) is 2.61. The molecule has 0 saturated carbocycles. The summed E-state index contributed by atoms with van der Waals surface area (Å²) >= 11 is 0. The Morgan fingerprint density at radius 1 is 0.648 bits per heavy atom. The second kappa shape index (κ2) is 28.7. The molecule has 304 valence electrons. The first kappa shape index (κ1) is 47.3. The van der Waals surface area contributed by atoms with Gasteiger partial charge in [-0.2, -0.15) is 0 Å². The zero-order chi connectivity index (χ0) is 40.1. The van der Waals surface area contributed by atoms with E-state index in [2.05, 4.69) is 33.2 Å². The minimum atomic E-state index is -1.71. The molecule has 54 heavy (non-hydrogen) atoms. The van der Waals surface area contributed by atoms with E-state index in [0.29, 0.717) is 12.0 Å². The van der Waals surface area contributed by atoms with Crippen LogP contribution in [0.5, 0.6) is 0 Å². The molecule has 0 aliphatic heterocycles. The number of aliphatic imine (C=N–C) groups is 1. The summed E-state index contributed by atoms with van der Waals surface area (Å²) in [6.45, 7) is 1.53. The van der Waals surface area contributed by atoms with Crippen molar-refractivity contribution in [2.24, 2.45) is 16.5 Å². The smallest absolute Gasteiger partial charge is 0.326 e. The molecule has 1 aromatic rings. The number of carboxylic acids is 2. The van der Waals surface area contributed by atoms with E-state index in [1.54, 1.807) is 30.3 Å². The van der Waals surface area contributed by atoms with Gasteiger partial charge in [0.25, 0.3) is 0 Å². The van der Waals surface area contributed by atoms with Gasteiger partial charge in [0.1, 0.15) is 24.2 Å². The molecular weight excluding hydrogens is 698 g/mol. The molecule has 11 N–H and O–H groups in total. The van der Waals surface area contributed by atoms with Crippen LogP contribution in [0.1, 0.15) is 122 Å². The van der Waals surface area contributed by atoms with Gasteiger partial charge in [-0.3, -0.25) is 29.0 Å². The van der Waals surface area contributed by atoms with Gasteiger partial charge in [-0.15, -0.1) is 0 Å². The van der Waals surface area contributed by atoms with E-state index in [0.717, 1.165) is 25.7 Å². The van der Waals surface area contributed by atoms with Crippen molar-refractivity contribution >= 4 is 41.5 Å². The van der Waals surface area contributed by atoms with Crippen molar-refractivity contribution in [1.29, 1.82) is 0 Å². The van der Waals surface area contributed by atoms with Crippen molar-refractivity contribution < 1.29 is 44.1 Å². The quantitative estimate of drug-likeness (QED) is 0.0301. The van der Waals surface area contributed by atoms with Crippen molar-refractivity contribution in [2.45, 2.75) is 147 Å². The molecule has 16 nitrogen and oxygen atoms in total. The number of hydrogen-bond acceptors (Lipinski definition) is 8. The molecule has 1 rings (SSSR count). The minimum absolute atomic E-state index is 0.0326. The summed E-state index contributed by atoms with van der Waals surface area (Å²) in [5.41, 5.74) is 11.2. The second-order valence-corrected chi connectivity index (χ2v) is 13.6. The topological polar surface area (TPSA) is 276 Å². The highest BCUT2D eigenvalue weighted by Crippen LogP contribution is 2.13. The Hall–Kier alpha value is -4.73. The molecule has 0 saturated heterocycles. The number of nitrogens with two attached hydrogens (primary N) is 2. The summed E-state index contributed by atoms with van der Waals surface area (Å²) in [7, 11) is 0. The normalized spacial score (nSPS) is 13.1. The first-order valence-electron chi connectivity index (χ1n) is 19.2. The summed E-state index contributed by atoms with van der Waals surface area (Å²) in [4.78, 5) is 79.8. The van der Waals surface area contributed by atoms with Crippen molar-refractivity contribution in [1.82, 2.24) is 21.3 Å². The average Bonchev–Trinajstić information content (AvgIpc) is 3.13. The number of carboxylic acid groups (broad SMARTS) is 2. The van der Waals surface area contributed by atoms with Crippen LogP contribution in [0.25, 0.3) is 0 Å². The Labute approximate surface area is 318 Å². The van der Waals surface area contributed by atoms with Crippen molar-refractivity contribution in [2.75, 3.05) is 13.2 Å². The van der Waals surface area contributed by atoms with Gasteiger partial charge >= 0.3 is 11.9 Å². The number of aliphatic hydroxyl groups is 1. The lowest BCUT2D eigenvalue weighted by Gasteiger charge is -2.25. The molecular formula is C38H63N7O9. The second-order valence-electron chi connectivity index (χ2n) is 13.6. The molecule has 16 heteroatoms. The Morgan fingerprint density at radius 3 is 1.67 bits per heavy atom. The highest BCUT2D eigenvalue weighted by atomic mass is 16.4. The van der Waals surface area contributed by atoms with Gasteiger partial charge in [-0.25, -0.2) is 4.79 Å². The molecule has 0 aliphatic carbocycles. The van der Waals surface area contributed by atoms with Gasteiger partial charge in [-0.1, -0.05) is 114 Å². The number of nitrogens with zero attached hydrogens (tertiary/aromatic N) is 1. The molecule has 4 atom stereocenters. The van der Waals surface area contributed by atoms with Crippen LogP contribution >= 0.6 is 0 Å². The van der Waals surface area contributed by atoms with Crippen LogP contribution in [-0.4, -0.2) is 94.2 Å². The van der Waals surface area contributed by atoms with E-state index >= 15 is 0 Å². The fraction of sp³-hybridized carbons (Fsp3) is 0.658. The van der Waals surface area contributed by atoms with E-state index in [1.165, 1.54) is 51.4 Å². The van der Waals surface area contributed by atoms with Crippen LogP contribution < -0.4 is 32.7 Å². The maximum Gasteiger partial charge on any atom is 0.326 e. The fourth-order valence-electron chi connectivity index (χ4n) is 5.78. The van der Waals surface area contributed by atoms with Crippen LogP contribution in [0.2, 0.25) is 0 Å². The Morgan fingerprint density at radius 2 is 1.15 bits per heavy atom. The lowest BCUT2D eigenvalue weighted by molar-refractivity contribution is -0.143. The maximum absolute atomic E-state index is 13.4. The van der Waals surface area contributed by atoms with Crippen LogP contribution in [0.4, 0.5) is 0 Å². The third kappa shape index (κ3) is 22.4.